The van der Waals surface area contributed by atoms with E-state index in [2.05, 4.69) is 34.6 Å². The van der Waals surface area contributed by atoms with Gasteiger partial charge in [0.1, 0.15) is 0 Å². The molecule has 0 aliphatic rings. The second-order valence-electron chi connectivity index (χ2n) is 3.17. The largest absolute Gasteiger partial charge is 0.372 e. The van der Waals surface area contributed by atoms with Crippen molar-refractivity contribution in [2.75, 3.05) is 11.9 Å². The number of hydrogen-bond donors (Lipinski definition) is 0. The van der Waals surface area contributed by atoms with Crippen molar-refractivity contribution in [1.82, 2.24) is 0 Å². The van der Waals surface area contributed by atoms with Crippen LogP contribution < -0.4 is 0 Å². The average molecular weight is 255 g/mol. The maximum absolute atomic E-state index is 5.51. The molecule has 0 N–H and O–H groups in total. The number of halogens is 1. The van der Waals surface area contributed by atoms with Gasteiger partial charge in [0.15, 0.2) is 0 Å². The Morgan fingerprint density at radius 3 is 2.64 bits per heavy atom. The van der Waals surface area contributed by atoms with E-state index in [4.69, 9.17) is 4.74 Å². The van der Waals surface area contributed by atoms with Crippen molar-refractivity contribution in [3.8, 4) is 0 Å². The predicted molar refractivity (Wildman–Crippen MR) is 63.6 cm³/mol. The summed E-state index contributed by atoms with van der Waals surface area (Å²) in [6.45, 7) is 5.24. The van der Waals surface area contributed by atoms with Crippen molar-refractivity contribution < 1.29 is 4.74 Å². The van der Waals surface area contributed by atoms with Gasteiger partial charge in [-0.1, -0.05) is 58.4 Å². The van der Waals surface area contributed by atoms with Crippen molar-refractivity contribution in [2.45, 2.75) is 13.0 Å². The molecule has 1 aromatic rings. The first-order chi connectivity index (χ1) is 6.83. The fraction of sp³-hybridized carbons (Fsp3) is 0.333. The van der Waals surface area contributed by atoms with Crippen LogP contribution in [0.3, 0.4) is 0 Å². The van der Waals surface area contributed by atoms with Crippen molar-refractivity contribution in [3.05, 3.63) is 48.0 Å². The summed E-state index contributed by atoms with van der Waals surface area (Å²) in [5, 5.41) is 0.959. The highest BCUT2D eigenvalue weighted by Gasteiger charge is 1.94. The predicted octanol–water partition coefficient (Wildman–Crippen LogP) is 3.54. The third-order valence-corrected chi connectivity index (χ3v) is 2.26. The van der Waals surface area contributed by atoms with Crippen LogP contribution in [0.2, 0.25) is 0 Å². The van der Waals surface area contributed by atoms with Crippen LogP contribution in [0.1, 0.15) is 12.0 Å². The van der Waals surface area contributed by atoms with Crippen molar-refractivity contribution in [1.29, 1.82) is 0 Å². The third-order valence-electron chi connectivity index (χ3n) is 1.87. The first-order valence-electron chi connectivity index (χ1n) is 4.67. The molecule has 0 heterocycles. The lowest BCUT2D eigenvalue weighted by Crippen LogP contribution is -1.98. The lowest BCUT2D eigenvalue weighted by Gasteiger charge is -2.05. The lowest BCUT2D eigenvalue weighted by atomic mass is 10.2. The van der Waals surface area contributed by atoms with Crippen LogP contribution in [0, 0.1) is 0 Å². The minimum atomic E-state index is 0.653. The average Bonchev–Trinajstić information content (AvgIpc) is 2.20. The number of rotatable bonds is 6. The Morgan fingerprint density at radius 1 is 1.29 bits per heavy atom. The van der Waals surface area contributed by atoms with E-state index in [0.717, 1.165) is 17.3 Å². The molecule has 1 nitrogen and oxygen atoms in total. The summed E-state index contributed by atoms with van der Waals surface area (Å²) in [5.74, 6) is 0. The standard InChI is InChI=1S/C12H15BrO/c1-11(7-8-13)9-14-10-12-5-3-2-4-6-12/h2-6H,1,7-10H2. The fourth-order valence-corrected chi connectivity index (χ4v) is 1.65. The maximum atomic E-state index is 5.51. The molecule has 0 radical (unpaired) electrons. The van der Waals surface area contributed by atoms with Crippen LogP contribution in [0.25, 0.3) is 0 Å². The molecule has 0 fully saturated rings. The second kappa shape index (κ2) is 6.80. The van der Waals surface area contributed by atoms with E-state index in [0.29, 0.717) is 13.2 Å². The fourth-order valence-electron chi connectivity index (χ4n) is 1.09. The normalized spacial score (nSPS) is 10.1. The van der Waals surface area contributed by atoms with Gasteiger partial charge in [-0.15, -0.1) is 0 Å². The van der Waals surface area contributed by atoms with E-state index < -0.39 is 0 Å². The Labute approximate surface area is 93.9 Å². The van der Waals surface area contributed by atoms with Gasteiger partial charge in [-0.25, -0.2) is 0 Å². The van der Waals surface area contributed by atoms with Gasteiger partial charge in [-0.05, 0) is 12.0 Å². The first-order valence-corrected chi connectivity index (χ1v) is 5.79. The summed E-state index contributed by atoms with van der Waals surface area (Å²) in [7, 11) is 0. The van der Waals surface area contributed by atoms with Crippen LogP contribution in [0.4, 0.5) is 0 Å². The summed E-state index contributed by atoms with van der Waals surface area (Å²) in [6, 6.07) is 10.2. The Morgan fingerprint density at radius 2 is 2.00 bits per heavy atom. The molecule has 1 rings (SSSR count). The molecule has 14 heavy (non-hydrogen) atoms. The highest BCUT2D eigenvalue weighted by molar-refractivity contribution is 9.09. The molecule has 0 aliphatic carbocycles. The summed E-state index contributed by atoms with van der Waals surface area (Å²) >= 11 is 3.37. The molecular formula is C12H15BrO. The number of alkyl halides is 1. The Hall–Kier alpha value is -0.600. The van der Waals surface area contributed by atoms with E-state index in [1.165, 1.54) is 5.56 Å². The summed E-state index contributed by atoms with van der Waals surface area (Å²) in [4.78, 5) is 0. The van der Waals surface area contributed by atoms with E-state index in [9.17, 15) is 0 Å². The molecule has 1 aromatic carbocycles. The summed E-state index contributed by atoms with van der Waals surface area (Å²) in [5.41, 5.74) is 2.34. The van der Waals surface area contributed by atoms with Gasteiger partial charge < -0.3 is 4.74 Å². The van der Waals surface area contributed by atoms with Gasteiger partial charge in [0, 0.05) is 5.33 Å². The van der Waals surface area contributed by atoms with Gasteiger partial charge in [0.05, 0.1) is 13.2 Å². The minimum Gasteiger partial charge on any atom is -0.372 e. The maximum Gasteiger partial charge on any atom is 0.0721 e. The van der Waals surface area contributed by atoms with E-state index in [1.54, 1.807) is 0 Å². The molecule has 2 heteroatoms. The Bertz CT molecular complexity index is 269. The molecule has 0 saturated carbocycles. The number of ether oxygens (including phenoxy) is 1. The SMILES string of the molecule is C=C(CCBr)COCc1ccccc1. The highest BCUT2D eigenvalue weighted by Crippen LogP contribution is 2.05. The zero-order chi connectivity index (χ0) is 10.2. The number of hydrogen-bond acceptors (Lipinski definition) is 1. The van der Waals surface area contributed by atoms with Crippen LogP contribution in [-0.2, 0) is 11.3 Å². The molecule has 76 valence electrons. The van der Waals surface area contributed by atoms with E-state index in [-0.39, 0.29) is 0 Å². The molecule has 0 aromatic heterocycles. The second-order valence-corrected chi connectivity index (χ2v) is 3.96. The monoisotopic (exact) mass is 254 g/mol. The van der Waals surface area contributed by atoms with Crippen LogP contribution >= 0.6 is 15.9 Å². The molecule has 0 saturated heterocycles. The molecule has 0 bridgehead atoms. The van der Waals surface area contributed by atoms with Crippen molar-refractivity contribution >= 4 is 15.9 Å². The number of benzene rings is 1. The molecule has 0 spiro atoms. The zero-order valence-corrected chi connectivity index (χ0v) is 9.79. The van der Waals surface area contributed by atoms with E-state index >= 15 is 0 Å². The lowest BCUT2D eigenvalue weighted by molar-refractivity contribution is 0.141. The summed E-state index contributed by atoms with van der Waals surface area (Å²) < 4.78 is 5.51. The van der Waals surface area contributed by atoms with Crippen LogP contribution in [0.15, 0.2) is 42.5 Å². The van der Waals surface area contributed by atoms with Gasteiger partial charge in [0.25, 0.3) is 0 Å². The smallest absolute Gasteiger partial charge is 0.0721 e. The third kappa shape index (κ3) is 4.58. The Balaban J connectivity index is 2.19. The molecule has 0 aliphatic heterocycles. The molecule has 0 unspecified atom stereocenters. The van der Waals surface area contributed by atoms with Crippen LogP contribution in [-0.4, -0.2) is 11.9 Å². The molecule has 0 atom stereocenters. The quantitative estimate of drug-likeness (QED) is 0.558. The topological polar surface area (TPSA) is 9.23 Å². The first kappa shape index (κ1) is 11.5. The molecular weight excluding hydrogens is 240 g/mol. The van der Waals surface area contributed by atoms with Gasteiger partial charge in [-0.2, -0.15) is 0 Å². The highest BCUT2D eigenvalue weighted by atomic mass is 79.9. The molecule has 0 amide bonds. The van der Waals surface area contributed by atoms with Crippen LogP contribution in [0.5, 0.6) is 0 Å². The van der Waals surface area contributed by atoms with Crippen molar-refractivity contribution in [3.63, 3.8) is 0 Å². The Kier molecular flexibility index (Phi) is 5.57. The van der Waals surface area contributed by atoms with Crippen molar-refractivity contribution in [2.24, 2.45) is 0 Å². The van der Waals surface area contributed by atoms with E-state index in [1.807, 2.05) is 18.2 Å². The zero-order valence-electron chi connectivity index (χ0n) is 8.21. The van der Waals surface area contributed by atoms with Gasteiger partial charge >= 0.3 is 0 Å². The van der Waals surface area contributed by atoms with Gasteiger partial charge in [0.2, 0.25) is 0 Å². The summed E-state index contributed by atoms with van der Waals surface area (Å²) in [6.07, 6.45) is 0.981. The minimum absolute atomic E-state index is 0.653. The van der Waals surface area contributed by atoms with Gasteiger partial charge in [-0.3, -0.25) is 0 Å².